The lowest BCUT2D eigenvalue weighted by atomic mass is 10.1. The second kappa shape index (κ2) is 3.42. The Hall–Kier alpha value is -1.35. The lowest BCUT2D eigenvalue weighted by Crippen LogP contribution is -1.84. The maximum Gasteiger partial charge on any atom is 0.141 e. The molecule has 0 N–H and O–H groups in total. The van der Waals surface area contributed by atoms with Crippen LogP contribution in [0.25, 0.3) is 11.1 Å². The molecule has 1 radical (unpaired) electrons. The first-order valence-electron chi connectivity index (χ1n) is 4.16. The Morgan fingerprint density at radius 2 is 2.14 bits per heavy atom. The van der Waals surface area contributed by atoms with E-state index in [1.807, 2.05) is 19.9 Å². The van der Waals surface area contributed by atoms with Gasteiger partial charge in [-0.2, -0.15) is 0 Å². The molecule has 0 saturated carbocycles. The van der Waals surface area contributed by atoms with Crippen LogP contribution >= 0.6 is 11.6 Å². The molecular formula is C10H8ClN2O. The molecule has 0 spiro atoms. The van der Waals surface area contributed by atoms with Crippen LogP contribution in [-0.4, -0.2) is 10.1 Å². The number of hydrogen-bond donors (Lipinski definition) is 0. The van der Waals surface area contributed by atoms with Gasteiger partial charge in [0.1, 0.15) is 10.9 Å². The van der Waals surface area contributed by atoms with Gasteiger partial charge in [-0.1, -0.05) is 16.8 Å². The van der Waals surface area contributed by atoms with Crippen LogP contribution in [0.1, 0.15) is 11.5 Å². The number of halogens is 1. The highest BCUT2D eigenvalue weighted by atomic mass is 35.5. The van der Waals surface area contributed by atoms with Crippen LogP contribution in [0.3, 0.4) is 0 Å². The average Bonchev–Trinajstić information content (AvgIpc) is 2.49. The quantitative estimate of drug-likeness (QED) is 0.675. The van der Waals surface area contributed by atoms with Crippen LogP contribution in [0.2, 0.25) is 5.15 Å². The molecule has 0 saturated heterocycles. The molecule has 2 rings (SSSR count). The highest BCUT2D eigenvalue weighted by Gasteiger charge is 2.11. The zero-order valence-electron chi connectivity index (χ0n) is 7.84. The molecule has 0 aliphatic heterocycles. The first kappa shape index (κ1) is 9.21. The average molecular weight is 208 g/mol. The standard InChI is InChI=1S/C10H8ClN2O/c1-6-10(7(2)14-13-6)8-3-4-9(11)12-5-8/h3-4H,1-2H3. The minimum atomic E-state index is 0.431. The van der Waals surface area contributed by atoms with Gasteiger partial charge in [-0.3, -0.25) is 0 Å². The molecule has 0 unspecified atom stereocenters. The summed E-state index contributed by atoms with van der Waals surface area (Å²) in [7, 11) is 0. The van der Waals surface area contributed by atoms with Crippen LogP contribution in [0.5, 0.6) is 0 Å². The summed E-state index contributed by atoms with van der Waals surface area (Å²) in [5, 5.41) is 4.29. The summed E-state index contributed by atoms with van der Waals surface area (Å²) in [5.74, 6) is 0.767. The van der Waals surface area contributed by atoms with E-state index in [0.29, 0.717) is 5.15 Å². The van der Waals surface area contributed by atoms with Gasteiger partial charge in [-0.05, 0) is 26.0 Å². The first-order chi connectivity index (χ1) is 6.68. The number of nitrogens with zero attached hydrogens (tertiary/aromatic N) is 2. The topological polar surface area (TPSA) is 38.9 Å². The van der Waals surface area contributed by atoms with E-state index < -0.39 is 0 Å². The van der Waals surface area contributed by atoms with Crippen molar-refractivity contribution in [3.8, 4) is 11.1 Å². The van der Waals surface area contributed by atoms with Crippen molar-refractivity contribution in [2.24, 2.45) is 0 Å². The van der Waals surface area contributed by atoms with Crippen molar-refractivity contribution < 1.29 is 4.52 Å². The molecule has 3 nitrogen and oxygen atoms in total. The minimum absolute atomic E-state index is 0.431. The summed E-state index contributed by atoms with van der Waals surface area (Å²) in [6.45, 7) is 3.74. The number of pyridine rings is 1. The Bertz CT molecular complexity index is 428. The second-order valence-corrected chi connectivity index (χ2v) is 3.38. The molecule has 0 bridgehead atoms. The molecule has 71 valence electrons. The monoisotopic (exact) mass is 207 g/mol. The molecule has 0 fully saturated rings. The molecule has 2 heterocycles. The second-order valence-electron chi connectivity index (χ2n) is 2.99. The van der Waals surface area contributed by atoms with Crippen LogP contribution < -0.4 is 0 Å². The van der Waals surface area contributed by atoms with E-state index in [9.17, 15) is 0 Å². The third kappa shape index (κ3) is 1.51. The maximum absolute atomic E-state index is 5.67. The highest BCUT2D eigenvalue weighted by molar-refractivity contribution is 6.29. The molecule has 4 heteroatoms. The van der Waals surface area contributed by atoms with Crippen LogP contribution in [0.15, 0.2) is 16.7 Å². The molecule has 0 aliphatic carbocycles. The van der Waals surface area contributed by atoms with Gasteiger partial charge in [-0.25, -0.2) is 4.98 Å². The summed E-state index contributed by atoms with van der Waals surface area (Å²) in [4.78, 5) is 3.89. The van der Waals surface area contributed by atoms with Crippen molar-refractivity contribution >= 4 is 11.6 Å². The van der Waals surface area contributed by atoms with Crippen molar-refractivity contribution in [1.29, 1.82) is 0 Å². The molecule has 2 aromatic rings. The Balaban J connectivity index is 2.54. The van der Waals surface area contributed by atoms with Crippen molar-refractivity contribution in [1.82, 2.24) is 10.1 Å². The van der Waals surface area contributed by atoms with Crippen LogP contribution in [0.4, 0.5) is 0 Å². The third-order valence-electron chi connectivity index (χ3n) is 1.97. The zero-order valence-corrected chi connectivity index (χ0v) is 8.59. The van der Waals surface area contributed by atoms with E-state index >= 15 is 0 Å². The molecule has 2 aromatic heterocycles. The minimum Gasteiger partial charge on any atom is -0.361 e. The fourth-order valence-corrected chi connectivity index (χ4v) is 1.45. The normalized spacial score (nSPS) is 10.5. The molecular weight excluding hydrogens is 200 g/mol. The molecule has 0 amide bonds. The van der Waals surface area contributed by atoms with Crippen molar-refractivity contribution in [2.45, 2.75) is 13.8 Å². The Labute approximate surface area is 86.7 Å². The summed E-state index contributed by atoms with van der Waals surface area (Å²) >= 11 is 5.67. The lowest BCUT2D eigenvalue weighted by molar-refractivity contribution is 0.393. The first-order valence-corrected chi connectivity index (χ1v) is 4.54. The number of hydrogen-bond acceptors (Lipinski definition) is 3. The highest BCUT2D eigenvalue weighted by Crippen LogP contribution is 2.26. The number of aromatic nitrogens is 2. The smallest absolute Gasteiger partial charge is 0.141 e. The van der Waals surface area contributed by atoms with Crippen molar-refractivity contribution in [2.75, 3.05) is 0 Å². The maximum atomic E-state index is 5.67. The van der Waals surface area contributed by atoms with Crippen molar-refractivity contribution in [3.63, 3.8) is 0 Å². The summed E-state index contributed by atoms with van der Waals surface area (Å²) in [6.07, 6.45) is 2.84. The Kier molecular flexibility index (Phi) is 2.25. The van der Waals surface area contributed by atoms with Crippen molar-refractivity contribution in [3.05, 3.63) is 34.9 Å². The summed E-state index contributed by atoms with van der Waals surface area (Å²) < 4.78 is 5.05. The van der Waals surface area contributed by atoms with Gasteiger partial charge in [0.25, 0.3) is 0 Å². The van der Waals surface area contributed by atoms with Gasteiger partial charge < -0.3 is 4.52 Å². The predicted octanol–water partition coefficient (Wildman–Crippen LogP) is 2.81. The van der Waals surface area contributed by atoms with Gasteiger partial charge in [-0.15, -0.1) is 0 Å². The van der Waals surface area contributed by atoms with Crippen LogP contribution in [-0.2, 0) is 0 Å². The molecule has 14 heavy (non-hydrogen) atoms. The number of rotatable bonds is 1. The van der Waals surface area contributed by atoms with Gasteiger partial charge in [0.05, 0.1) is 11.9 Å². The molecule has 0 aliphatic rings. The van der Waals surface area contributed by atoms with E-state index in [0.717, 1.165) is 22.6 Å². The lowest BCUT2D eigenvalue weighted by Gasteiger charge is -1.97. The zero-order chi connectivity index (χ0) is 10.1. The van der Waals surface area contributed by atoms with E-state index in [2.05, 4.69) is 16.3 Å². The fourth-order valence-electron chi connectivity index (χ4n) is 1.35. The van der Waals surface area contributed by atoms with E-state index in [4.69, 9.17) is 16.1 Å². The predicted molar refractivity (Wildman–Crippen MR) is 53.1 cm³/mol. The van der Waals surface area contributed by atoms with E-state index in [1.165, 1.54) is 0 Å². The number of aryl methyl sites for hydroxylation is 2. The van der Waals surface area contributed by atoms with E-state index in [1.54, 1.807) is 6.07 Å². The molecule has 0 atom stereocenters. The third-order valence-corrected chi connectivity index (χ3v) is 2.18. The SMILES string of the molecule is Cc1noc(C)c1-c1[c]nc(Cl)cc1. The van der Waals surface area contributed by atoms with Gasteiger partial charge in [0.15, 0.2) is 0 Å². The molecule has 0 aromatic carbocycles. The Morgan fingerprint density at radius 3 is 2.64 bits per heavy atom. The van der Waals surface area contributed by atoms with E-state index in [-0.39, 0.29) is 0 Å². The van der Waals surface area contributed by atoms with Crippen LogP contribution in [0, 0.1) is 20.0 Å². The summed E-state index contributed by atoms with van der Waals surface area (Å²) in [6, 6.07) is 3.57. The Morgan fingerprint density at radius 1 is 1.36 bits per heavy atom. The van der Waals surface area contributed by atoms with Gasteiger partial charge >= 0.3 is 0 Å². The van der Waals surface area contributed by atoms with Gasteiger partial charge in [0, 0.05) is 11.1 Å². The summed E-state index contributed by atoms with van der Waals surface area (Å²) in [5.41, 5.74) is 2.63. The fraction of sp³-hybridized carbons (Fsp3) is 0.200. The van der Waals surface area contributed by atoms with Gasteiger partial charge in [0.2, 0.25) is 0 Å². The largest absolute Gasteiger partial charge is 0.361 e.